The first kappa shape index (κ1) is 14.3. The summed E-state index contributed by atoms with van der Waals surface area (Å²) in [7, 11) is 0. The van der Waals surface area contributed by atoms with Gasteiger partial charge in [-0.25, -0.2) is 0 Å². The molecule has 0 aromatic rings. The van der Waals surface area contributed by atoms with Gasteiger partial charge in [0.2, 0.25) is 0 Å². The lowest BCUT2D eigenvalue weighted by Gasteiger charge is -2.40. The van der Waals surface area contributed by atoms with Gasteiger partial charge in [-0.15, -0.1) is 4.72 Å². The molecule has 0 aliphatic carbocycles. The van der Waals surface area contributed by atoms with Gasteiger partial charge in [-0.1, -0.05) is 6.92 Å². The molecular weight excluding hydrogens is 220 g/mol. The van der Waals surface area contributed by atoms with E-state index in [1.165, 1.54) is 0 Å². The Morgan fingerprint density at radius 1 is 1.31 bits per heavy atom. The van der Waals surface area contributed by atoms with E-state index in [4.69, 9.17) is 0 Å². The van der Waals surface area contributed by atoms with Gasteiger partial charge >= 0.3 is 0 Å². The molecule has 1 aliphatic heterocycles. The third-order valence-corrected chi connectivity index (χ3v) is 5.31. The summed E-state index contributed by atoms with van der Waals surface area (Å²) in [6.07, 6.45) is 2.31. The van der Waals surface area contributed by atoms with Crippen molar-refractivity contribution in [3.8, 4) is 0 Å². The van der Waals surface area contributed by atoms with Crippen LogP contribution >= 0.6 is 0 Å². The minimum Gasteiger partial charge on any atom is -0.598 e. The molecule has 1 fully saturated rings. The van der Waals surface area contributed by atoms with E-state index >= 15 is 0 Å². The van der Waals surface area contributed by atoms with Crippen LogP contribution in [0.2, 0.25) is 0 Å². The molecule has 0 bridgehead atoms. The van der Waals surface area contributed by atoms with Gasteiger partial charge < -0.3 is 9.87 Å². The highest BCUT2D eigenvalue weighted by Gasteiger charge is 2.37. The molecule has 2 atom stereocenters. The molecule has 1 saturated heterocycles. The maximum atomic E-state index is 12.0. The second-order valence-corrected chi connectivity index (χ2v) is 8.12. The summed E-state index contributed by atoms with van der Waals surface area (Å²) in [6.45, 7) is 12.6. The Kier molecular flexibility index (Phi) is 4.69. The summed E-state index contributed by atoms with van der Waals surface area (Å²) < 4.78 is 15.1. The maximum absolute atomic E-state index is 12.0. The molecule has 96 valence electrons. The van der Waals surface area contributed by atoms with Crippen molar-refractivity contribution in [3.63, 3.8) is 0 Å². The van der Waals surface area contributed by atoms with Crippen LogP contribution in [0.1, 0.15) is 47.5 Å². The second kappa shape index (κ2) is 5.25. The number of piperidine rings is 1. The van der Waals surface area contributed by atoms with Crippen LogP contribution < -0.4 is 10.0 Å². The van der Waals surface area contributed by atoms with Gasteiger partial charge in [0.05, 0.1) is 6.04 Å². The van der Waals surface area contributed by atoms with E-state index in [2.05, 4.69) is 23.9 Å². The summed E-state index contributed by atoms with van der Waals surface area (Å²) >= 11 is -0.965. The topological polar surface area (TPSA) is 47.1 Å². The molecule has 0 aromatic carbocycles. The number of nitrogens with one attached hydrogen (secondary N) is 2. The molecule has 0 saturated carbocycles. The molecule has 3 nitrogen and oxygen atoms in total. The standard InChI is InChI=1S/C12H26N2OS/c1-10(14-16(15)11(2,3)4)12(5)6-8-13-9-7-12/h10,13-14H,6-9H2,1-5H3/t10?,16-/m0/s1. The van der Waals surface area contributed by atoms with E-state index in [1.54, 1.807) is 0 Å². The first-order valence-electron chi connectivity index (χ1n) is 6.14. The summed E-state index contributed by atoms with van der Waals surface area (Å²) in [6, 6.07) is 0.301. The van der Waals surface area contributed by atoms with Crippen LogP contribution in [0.4, 0.5) is 0 Å². The smallest absolute Gasteiger partial charge is 0.136 e. The van der Waals surface area contributed by atoms with Crippen LogP contribution in [0, 0.1) is 5.41 Å². The third kappa shape index (κ3) is 3.62. The Bertz CT molecular complexity index is 222. The summed E-state index contributed by atoms with van der Waals surface area (Å²) in [5.41, 5.74) is 0.270. The first-order valence-corrected chi connectivity index (χ1v) is 7.29. The molecule has 0 radical (unpaired) electrons. The molecule has 1 heterocycles. The zero-order valence-electron chi connectivity index (χ0n) is 11.2. The number of rotatable bonds is 3. The molecule has 1 aliphatic rings. The first-order chi connectivity index (χ1) is 7.26. The van der Waals surface area contributed by atoms with Crippen LogP contribution in [0.5, 0.6) is 0 Å². The van der Waals surface area contributed by atoms with Gasteiger partial charge in [0, 0.05) is 11.4 Å². The normalized spacial score (nSPS) is 25.1. The predicted molar refractivity (Wildman–Crippen MR) is 70.7 cm³/mol. The van der Waals surface area contributed by atoms with Gasteiger partial charge in [-0.05, 0) is 59.0 Å². The molecule has 1 rings (SSSR count). The molecule has 0 aromatic heterocycles. The lowest BCUT2D eigenvalue weighted by molar-refractivity contribution is 0.180. The lowest BCUT2D eigenvalue weighted by Crippen LogP contribution is -2.52. The number of hydrogen-bond acceptors (Lipinski definition) is 3. The third-order valence-electron chi connectivity index (χ3n) is 3.63. The van der Waals surface area contributed by atoms with Gasteiger partial charge in [0.1, 0.15) is 4.75 Å². The fourth-order valence-corrected chi connectivity index (χ4v) is 2.87. The summed E-state index contributed by atoms with van der Waals surface area (Å²) in [5, 5.41) is 3.37. The second-order valence-electron chi connectivity index (χ2n) is 6.12. The molecule has 16 heavy (non-hydrogen) atoms. The predicted octanol–water partition coefficient (Wildman–Crippen LogP) is 1.82. The van der Waals surface area contributed by atoms with Crippen LogP contribution in [-0.4, -0.2) is 28.4 Å². The van der Waals surface area contributed by atoms with E-state index in [0.29, 0.717) is 6.04 Å². The minimum absolute atomic E-state index is 0.183. The van der Waals surface area contributed by atoms with Crippen molar-refractivity contribution in [2.45, 2.75) is 58.2 Å². The molecule has 1 unspecified atom stereocenters. The van der Waals surface area contributed by atoms with Gasteiger partial charge in [0.25, 0.3) is 0 Å². The highest BCUT2D eigenvalue weighted by Crippen LogP contribution is 2.32. The fourth-order valence-electron chi connectivity index (χ4n) is 1.91. The van der Waals surface area contributed by atoms with Crippen LogP contribution in [0.15, 0.2) is 0 Å². The van der Waals surface area contributed by atoms with E-state index in [9.17, 15) is 4.55 Å². The Hall–Kier alpha value is 0.230. The van der Waals surface area contributed by atoms with Crippen molar-refractivity contribution in [3.05, 3.63) is 0 Å². The highest BCUT2D eigenvalue weighted by molar-refractivity contribution is 7.90. The molecule has 2 N–H and O–H groups in total. The Labute approximate surface area is 103 Å². The fraction of sp³-hybridized carbons (Fsp3) is 1.00. The van der Waals surface area contributed by atoms with Gasteiger partial charge in [0.15, 0.2) is 0 Å². The van der Waals surface area contributed by atoms with Crippen molar-refractivity contribution >= 4 is 11.4 Å². The van der Waals surface area contributed by atoms with Crippen molar-refractivity contribution < 1.29 is 4.55 Å². The Morgan fingerprint density at radius 3 is 2.25 bits per heavy atom. The minimum atomic E-state index is -0.965. The van der Waals surface area contributed by atoms with E-state index < -0.39 is 11.4 Å². The van der Waals surface area contributed by atoms with Crippen LogP contribution in [-0.2, 0) is 11.4 Å². The summed E-state index contributed by atoms with van der Waals surface area (Å²) in [4.78, 5) is 0. The van der Waals surface area contributed by atoms with E-state index in [0.717, 1.165) is 25.9 Å². The Balaban J connectivity index is 2.53. The monoisotopic (exact) mass is 246 g/mol. The maximum Gasteiger partial charge on any atom is 0.136 e. The molecule has 0 spiro atoms. The van der Waals surface area contributed by atoms with Gasteiger partial charge in [-0.3, -0.25) is 0 Å². The van der Waals surface area contributed by atoms with E-state index in [1.807, 2.05) is 20.8 Å². The zero-order valence-corrected chi connectivity index (χ0v) is 12.0. The van der Waals surface area contributed by atoms with E-state index in [-0.39, 0.29) is 10.2 Å². The Morgan fingerprint density at radius 2 is 1.81 bits per heavy atom. The van der Waals surface area contributed by atoms with Crippen molar-refractivity contribution in [2.75, 3.05) is 13.1 Å². The van der Waals surface area contributed by atoms with Crippen molar-refractivity contribution in [2.24, 2.45) is 5.41 Å². The van der Waals surface area contributed by atoms with Crippen molar-refractivity contribution in [1.82, 2.24) is 10.0 Å². The highest BCUT2D eigenvalue weighted by atomic mass is 32.2. The molecule has 4 heteroatoms. The van der Waals surface area contributed by atoms with Crippen LogP contribution in [0.25, 0.3) is 0 Å². The lowest BCUT2D eigenvalue weighted by atomic mass is 9.76. The van der Waals surface area contributed by atoms with Crippen LogP contribution in [0.3, 0.4) is 0 Å². The number of hydrogen-bond donors (Lipinski definition) is 2. The van der Waals surface area contributed by atoms with Gasteiger partial charge in [-0.2, -0.15) is 0 Å². The zero-order chi connectivity index (χ0) is 12.4. The largest absolute Gasteiger partial charge is 0.598 e. The SMILES string of the molecule is CC(N[S@@+]([O-])C(C)(C)C)C1(C)CCNCC1. The molecular formula is C12H26N2OS. The average molecular weight is 246 g/mol. The average Bonchev–Trinajstić information content (AvgIpc) is 2.17. The van der Waals surface area contributed by atoms with Crippen molar-refractivity contribution in [1.29, 1.82) is 0 Å². The molecule has 0 amide bonds. The quantitative estimate of drug-likeness (QED) is 0.747. The summed E-state index contributed by atoms with van der Waals surface area (Å²) in [5.74, 6) is 0.